The van der Waals surface area contributed by atoms with Crippen molar-refractivity contribution in [1.82, 2.24) is 5.32 Å². The van der Waals surface area contributed by atoms with Crippen LogP contribution in [0.3, 0.4) is 0 Å². The van der Waals surface area contributed by atoms with Crippen molar-refractivity contribution in [3.63, 3.8) is 0 Å². The molecule has 5 heteroatoms. The van der Waals surface area contributed by atoms with Gasteiger partial charge in [-0.25, -0.2) is 0 Å². The summed E-state index contributed by atoms with van der Waals surface area (Å²) in [5, 5.41) is 5.50. The van der Waals surface area contributed by atoms with Gasteiger partial charge in [-0.2, -0.15) is 0 Å². The number of hydrogen-bond acceptors (Lipinski definition) is 2. The third kappa shape index (κ3) is 2.66. The highest BCUT2D eigenvalue weighted by atomic mass is 79.9. The van der Waals surface area contributed by atoms with Crippen LogP contribution in [-0.2, 0) is 9.59 Å². The first-order chi connectivity index (χ1) is 7.99. The van der Waals surface area contributed by atoms with Gasteiger partial charge in [0.1, 0.15) is 0 Å². The Morgan fingerprint density at radius 2 is 2.29 bits per heavy atom. The van der Waals surface area contributed by atoms with Gasteiger partial charge in [-0.05, 0) is 25.1 Å². The van der Waals surface area contributed by atoms with Crippen LogP contribution in [0.4, 0.5) is 5.69 Å². The molecule has 1 aliphatic heterocycles. The van der Waals surface area contributed by atoms with E-state index in [1.54, 1.807) is 6.92 Å². The minimum Gasteiger partial charge on any atom is -0.355 e. The fourth-order valence-corrected chi connectivity index (χ4v) is 2.18. The summed E-state index contributed by atoms with van der Waals surface area (Å²) < 4.78 is 0.904. The molecule has 2 amide bonds. The van der Waals surface area contributed by atoms with Crippen LogP contribution in [0.15, 0.2) is 28.7 Å². The number of hydrogen-bond donors (Lipinski definition) is 2. The van der Waals surface area contributed by atoms with Crippen molar-refractivity contribution in [3.8, 4) is 0 Å². The minimum absolute atomic E-state index is 0.0723. The molecule has 1 aromatic carbocycles. The monoisotopic (exact) mass is 296 g/mol. The van der Waals surface area contributed by atoms with E-state index in [1.165, 1.54) is 0 Å². The molecular weight excluding hydrogens is 284 g/mol. The summed E-state index contributed by atoms with van der Waals surface area (Å²) in [7, 11) is 0. The third-order valence-electron chi connectivity index (χ3n) is 2.86. The van der Waals surface area contributed by atoms with Crippen molar-refractivity contribution in [2.24, 2.45) is 5.41 Å². The maximum absolute atomic E-state index is 12.1. The lowest BCUT2D eigenvalue weighted by atomic mass is 9.88. The molecule has 0 saturated carbocycles. The number of benzene rings is 1. The van der Waals surface area contributed by atoms with Crippen molar-refractivity contribution in [2.75, 3.05) is 11.9 Å². The van der Waals surface area contributed by atoms with E-state index in [-0.39, 0.29) is 18.2 Å². The number of anilines is 1. The first-order valence-corrected chi connectivity index (χ1v) is 6.13. The lowest BCUT2D eigenvalue weighted by Crippen LogP contribution is -2.35. The average Bonchev–Trinajstić information content (AvgIpc) is 2.60. The van der Waals surface area contributed by atoms with Crippen LogP contribution in [0.5, 0.6) is 0 Å². The summed E-state index contributed by atoms with van der Waals surface area (Å²) in [5.41, 5.74) is 0.0734. The van der Waals surface area contributed by atoms with Crippen molar-refractivity contribution in [3.05, 3.63) is 28.7 Å². The predicted octanol–water partition coefficient (Wildman–Crippen LogP) is 1.91. The molecule has 4 nitrogen and oxygen atoms in total. The molecule has 1 atom stereocenters. The summed E-state index contributed by atoms with van der Waals surface area (Å²) >= 11 is 3.34. The summed E-state index contributed by atoms with van der Waals surface area (Å²) in [5.74, 6) is -0.203. The van der Waals surface area contributed by atoms with E-state index in [9.17, 15) is 9.59 Å². The third-order valence-corrected chi connectivity index (χ3v) is 3.35. The molecule has 1 saturated heterocycles. The van der Waals surface area contributed by atoms with Gasteiger partial charge in [-0.1, -0.05) is 22.0 Å². The predicted molar refractivity (Wildman–Crippen MR) is 68.5 cm³/mol. The molecule has 90 valence electrons. The second-order valence-corrected chi connectivity index (χ2v) is 5.39. The first-order valence-electron chi connectivity index (χ1n) is 5.33. The minimum atomic E-state index is -0.653. The molecule has 1 unspecified atom stereocenters. The maximum atomic E-state index is 12.1. The molecule has 0 radical (unpaired) electrons. The molecule has 1 aromatic rings. The Labute approximate surface area is 108 Å². The topological polar surface area (TPSA) is 58.2 Å². The quantitative estimate of drug-likeness (QED) is 0.876. The van der Waals surface area contributed by atoms with Gasteiger partial charge in [0.2, 0.25) is 11.8 Å². The molecule has 0 bridgehead atoms. The van der Waals surface area contributed by atoms with Gasteiger partial charge in [-0.15, -0.1) is 0 Å². The van der Waals surface area contributed by atoms with Crippen LogP contribution in [0.1, 0.15) is 13.3 Å². The van der Waals surface area contributed by atoms with E-state index in [4.69, 9.17) is 0 Å². The molecule has 2 N–H and O–H groups in total. The van der Waals surface area contributed by atoms with Crippen LogP contribution in [-0.4, -0.2) is 18.4 Å². The highest BCUT2D eigenvalue weighted by Gasteiger charge is 2.40. The number of halogens is 1. The molecule has 1 aliphatic rings. The van der Waals surface area contributed by atoms with E-state index in [1.807, 2.05) is 24.3 Å². The second kappa shape index (κ2) is 4.49. The van der Waals surface area contributed by atoms with Crippen LogP contribution < -0.4 is 10.6 Å². The zero-order chi connectivity index (χ0) is 12.5. The first kappa shape index (κ1) is 12.1. The van der Waals surface area contributed by atoms with Crippen molar-refractivity contribution >= 4 is 33.4 Å². The summed E-state index contributed by atoms with van der Waals surface area (Å²) in [6.07, 6.45) is 0.243. The van der Waals surface area contributed by atoms with Crippen LogP contribution in [0, 0.1) is 5.41 Å². The molecule has 1 heterocycles. The van der Waals surface area contributed by atoms with Gasteiger partial charge < -0.3 is 10.6 Å². The number of carbonyl (C=O) groups excluding carboxylic acids is 2. The second-order valence-electron chi connectivity index (χ2n) is 4.48. The van der Waals surface area contributed by atoms with Gasteiger partial charge in [0.05, 0.1) is 5.41 Å². The van der Waals surface area contributed by atoms with Crippen LogP contribution in [0.25, 0.3) is 0 Å². The lowest BCUT2D eigenvalue weighted by molar-refractivity contribution is -0.126. The highest BCUT2D eigenvalue weighted by Crippen LogP contribution is 2.27. The van der Waals surface area contributed by atoms with Crippen molar-refractivity contribution in [2.45, 2.75) is 13.3 Å². The largest absolute Gasteiger partial charge is 0.355 e. The van der Waals surface area contributed by atoms with E-state index < -0.39 is 5.41 Å². The van der Waals surface area contributed by atoms with E-state index in [2.05, 4.69) is 26.6 Å². The molecule has 0 spiro atoms. The fraction of sp³-hybridized carbons (Fsp3) is 0.333. The zero-order valence-electron chi connectivity index (χ0n) is 9.42. The molecule has 17 heavy (non-hydrogen) atoms. The summed E-state index contributed by atoms with van der Waals surface area (Å²) in [6, 6.07) is 7.37. The maximum Gasteiger partial charge on any atom is 0.232 e. The molecule has 0 aromatic heterocycles. The fourth-order valence-electron chi connectivity index (χ4n) is 1.78. The van der Waals surface area contributed by atoms with Gasteiger partial charge in [0, 0.05) is 23.1 Å². The van der Waals surface area contributed by atoms with Gasteiger partial charge >= 0.3 is 0 Å². The zero-order valence-corrected chi connectivity index (χ0v) is 11.0. The Kier molecular flexibility index (Phi) is 3.19. The Hall–Kier alpha value is -1.36. The van der Waals surface area contributed by atoms with Crippen molar-refractivity contribution < 1.29 is 9.59 Å². The molecule has 1 fully saturated rings. The average molecular weight is 297 g/mol. The number of nitrogens with one attached hydrogen (secondary N) is 2. The standard InChI is InChI=1S/C12H13BrN2O2/c1-12(6-10(16)14-7-12)11(17)15-9-4-2-3-8(13)5-9/h2-5H,6-7H2,1H3,(H,14,16)(H,15,17). The lowest BCUT2D eigenvalue weighted by Gasteiger charge is -2.20. The van der Waals surface area contributed by atoms with Crippen LogP contribution >= 0.6 is 15.9 Å². The van der Waals surface area contributed by atoms with E-state index in [0.29, 0.717) is 6.54 Å². The summed E-state index contributed by atoms with van der Waals surface area (Å²) in [6.45, 7) is 2.18. The van der Waals surface area contributed by atoms with E-state index >= 15 is 0 Å². The Morgan fingerprint density at radius 3 is 2.88 bits per heavy atom. The highest BCUT2D eigenvalue weighted by molar-refractivity contribution is 9.10. The Balaban J connectivity index is 2.09. The number of carbonyl (C=O) groups is 2. The normalized spacial score (nSPS) is 23.3. The number of amides is 2. The Bertz CT molecular complexity index is 475. The molecule has 0 aliphatic carbocycles. The van der Waals surface area contributed by atoms with Gasteiger partial charge in [0.15, 0.2) is 0 Å². The molecule has 2 rings (SSSR count). The van der Waals surface area contributed by atoms with Crippen molar-refractivity contribution in [1.29, 1.82) is 0 Å². The number of rotatable bonds is 2. The van der Waals surface area contributed by atoms with Gasteiger partial charge in [-0.3, -0.25) is 9.59 Å². The molecular formula is C12H13BrN2O2. The van der Waals surface area contributed by atoms with E-state index in [0.717, 1.165) is 10.2 Å². The van der Waals surface area contributed by atoms with Gasteiger partial charge in [0.25, 0.3) is 0 Å². The van der Waals surface area contributed by atoms with Crippen LogP contribution in [0.2, 0.25) is 0 Å². The SMILES string of the molecule is CC1(C(=O)Nc2cccc(Br)c2)CNC(=O)C1. The Morgan fingerprint density at radius 1 is 1.53 bits per heavy atom. The smallest absolute Gasteiger partial charge is 0.232 e. The summed E-state index contributed by atoms with van der Waals surface area (Å²) in [4.78, 5) is 23.2.